The van der Waals surface area contributed by atoms with Gasteiger partial charge < -0.3 is 5.11 Å². The van der Waals surface area contributed by atoms with Crippen LogP contribution in [0, 0.1) is 0 Å². The van der Waals surface area contributed by atoms with E-state index in [1.165, 1.54) is 0 Å². The molecule has 3 N–H and O–H groups in total. The number of nitrogens with one attached hydrogen (secondary N) is 2. The molecule has 0 unspecified atom stereocenters. The molecule has 0 bridgehead atoms. The predicted molar refractivity (Wildman–Crippen MR) is 40.8 cm³/mol. The first-order valence-corrected chi connectivity index (χ1v) is 5.20. The van der Waals surface area contributed by atoms with Gasteiger partial charge in [-0.3, -0.25) is 10.2 Å². The third kappa shape index (κ3) is 2.16. The van der Waals surface area contributed by atoms with Gasteiger partial charge in [-0.25, -0.2) is 13.8 Å². The average Bonchev–Trinajstić information content (AvgIpc) is 2.20. The zero-order valence-corrected chi connectivity index (χ0v) is 7.04. The van der Waals surface area contributed by atoms with E-state index in [0.717, 1.165) is 0 Å². The molecule has 1 heterocycles. The second-order valence-electron chi connectivity index (χ2n) is 2.66. The summed E-state index contributed by atoms with van der Waals surface area (Å²) in [4.78, 5) is 9.82. The number of aliphatic hydroxyl groups excluding tert-OH is 1. The van der Waals surface area contributed by atoms with Gasteiger partial charge in [0.1, 0.15) is 0 Å². The van der Waals surface area contributed by atoms with E-state index < -0.39 is 22.0 Å². The van der Waals surface area contributed by atoms with Crippen molar-refractivity contribution in [1.29, 1.82) is 0 Å². The first-order chi connectivity index (χ1) is 5.55. The molecule has 12 heavy (non-hydrogen) atoms. The third-order valence-corrected chi connectivity index (χ3v) is 3.37. The first kappa shape index (κ1) is 9.43. The van der Waals surface area contributed by atoms with Gasteiger partial charge in [-0.2, -0.15) is 0 Å². The van der Waals surface area contributed by atoms with Gasteiger partial charge in [0.15, 0.2) is 9.84 Å². The Bertz CT molecular complexity index is 263. The summed E-state index contributed by atoms with van der Waals surface area (Å²) in [5.74, 6) is -0.389. The molecular weight excluding hydrogens is 184 g/mol. The molecule has 2 atom stereocenters. The number of hydrogen-bond acceptors (Lipinski definition) is 5. The van der Waals surface area contributed by atoms with E-state index in [4.69, 9.17) is 5.11 Å². The van der Waals surface area contributed by atoms with Crippen molar-refractivity contribution in [3.05, 3.63) is 0 Å². The Morgan fingerprint density at radius 3 is 2.50 bits per heavy atom. The monoisotopic (exact) mass is 194 g/mol. The van der Waals surface area contributed by atoms with Crippen molar-refractivity contribution in [2.24, 2.45) is 0 Å². The molecule has 1 fully saturated rings. The standard InChI is InChI=1S/C5H10N2O4S/c8-3-6-7-4-1-12(10,11)2-5(4)9/h3-5,7,9H,1-2H2,(H,6,8)/t4-,5-/m0/s1. The maximum Gasteiger partial charge on any atom is 0.221 e. The van der Waals surface area contributed by atoms with Gasteiger partial charge in [-0.15, -0.1) is 0 Å². The van der Waals surface area contributed by atoms with Gasteiger partial charge in [0, 0.05) is 0 Å². The molecule has 1 aliphatic heterocycles. The fourth-order valence-electron chi connectivity index (χ4n) is 1.11. The summed E-state index contributed by atoms with van der Waals surface area (Å²) in [5.41, 5.74) is 4.49. The summed E-state index contributed by atoms with van der Waals surface area (Å²) in [6, 6.07) is -0.597. The predicted octanol–water partition coefficient (Wildman–Crippen LogP) is -2.61. The second kappa shape index (κ2) is 3.38. The number of rotatable bonds is 3. The van der Waals surface area contributed by atoms with Crippen molar-refractivity contribution >= 4 is 16.2 Å². The lowest BCUT2D eigenvalue weighted by molar-refractivity contribution is -0.110. The fourth-order valence-corrected chi connectivity index (χ4v) is 2.85. The molecule has 1 saturated heterocycles. The number of carbonyl (C=O) groups excluding carboxylic acids is 1. The lowest BCUT2D eigenvalue weighted by Gasteiger charge is -2.12. The van der Waals surface area contributed by atoms with Crippen LogP contribution in [0.3, 0.4) is 0 Å². The average molecular weight is 194 g/mol. The number of aliphatic hydroxyl groups is 1. The number of hydrogen-bond donors (Lipinski definition) is 3. The van der Waals surface area contributed by atoms with E-state index >= 15 is 0 Å². The van der Waals surface area contributed by atoms with Crippen molar-refractivity contribution in [1.82, 2.24) is 10.9 Å². The topological polar surface area (TPSA) is 95.5 Å². The minimum atomic E-state index is -3.14. The number of sulfone groups is 1. The molecule has 0 radical (unpaired) electrons. The maximum atomic E-state index is 10.9. The minimum Gasteiger partial charge on any atom is -0.390 e. The molecule has 1 aliphatic rings. The highest BCUT2D eigenvalue weighted by atomic mass is 32.2. The minimum absolute atomic E-state index is 0.144. The van der Waals surface area contributed by atoms with E-state index in [1.54, 1.807) is 0 Å². The molecule has 0 saturated carbocycles. The molecule has 7 heteroatoms. The van der Waals surface area contributed by atoms with Crippen LogP contribution in [0.2, 0.25) is 0 Å². The van der Waals surface area contributed by atoms with Gasteiger partial charge in [-0.1, -0.05) is 0 Å². The summed E-state index contributed by atoms with van der Waals surface area (Å²) in [5, 5.41) is 9.15. The highest BCUT2D eigenvalue weighted by Gasteiger charge is 2.36. The molecule has 6 nitrogen and oxygen atoms in total. The van der Waals surface area contributed by atoms with Crippen LogP contribution in [0.4, 0.5) is 0 Å². The molecule has 1 amide bonds. The normalized spacial score (nSPS) is 33.1. The van der Waals surface area contributed by atoms with Crippen LogP contribution in [0.15, 0.2) is 0 Å². The van der Waals surface area contributed by atoms with Crippen LogP contribution in [0.25, 0.3) is 0 Å². The van der Waals surface area contributed by atoms with Crippen molar-refractivity contribution in [2.75, 3.05) is 11.5 Å². The van der Waals surface area contributed by atoms with E-state index in [2.05, 4.69) is 10.9 Å². The molecule has 0 aromatic carbocycles. The van der Waals surface area contributed by atoms with E-state index in [0.29, 0.717) is 6.41 Å². The molecule has 0 aliphatic carbocycles. The first-order valence-electron chi connectivity index (χ1n) is 3.38. The Hall–Kier alpha value is -0.660. The Labute approximate surface area is 69.8 Å². The zero-order valence-electron chi connectivity index (χ0n) is 6.23. The van der Waals surface area contributed by atoms with Crippen LogP contribution in [-0.2, 0) is 14.6 Å². The fraction of sp³-hybridized carbons (Fsp3) is 0.800. The largest absolute Gasteiger partial charge is 0.390 e. The van der Waals surface area contributed by atoms with E-state index in [-0.39, 0.29) is 11.5 Å². The van der Waals surface area contributed by atoms with Gasteiger partial charge in [-0.05, 0) is 0 Å². The summed E-state index contributed by atoms with van der Waals surface area (Å²) in [7, 11) is -3.14. The van der Waals surface area contributed by atoms with Crippen LogP contribution in [0.5, 0.6) is 0 Å². The molecule has 70 valence electrons. The highest BCUT2D eigenvalue weighted by molar-refractivity contribution is 7.91. The molecule has 0 aromatic rings. The lowest BCUT2D eigenvalue weighted by atomic mass is 10.2. The van der Waals surface area contributed by atoms with Crippen molar-refractivity contribution in [3.8, 4) is 0 Å². The Morgan fingerprint density at radius 1 is 1.42 bits per heavy atom. The number of carbonyl (C=O) groups is 1. The SMILES string of the molecule is O=CNN[C@H]1CS(=O)(=O)C[C@@H]1O. The quantitative estimate of drug-likeness (QED) is 0.338. The second-order valence-corrected chi connectivity index (χ2v) is 4.81. The third-order valence-electron chi connectivity index (χ3n) is 1.65. The van der Waals surface area contributed by atoms with Gasteiger partial charge in [0.25, 0.3) is 0 Å². The van der Waals surface area contributed by atoms with Crippen LogP contribution in [-0.4, -0.2) is 43.6 Å². The Morgan fingerprint density at radius 2 is 2.08 bits per heavy atom. The molecule has 0 aromatic heterocycles. The summed E-state index contributed by atoms with van der Waals surface area (Å²) >= 11 is 0. The maximum absolute atomic E-state index is 10.9. The highest BCUT2D eigenvalue weighted by Crippen LogP contribution is 2.11. The van der Waals surface area contributed by atoms with Gasteiger partial charge in [0.2, 0.25) is 6.41 Å². The van der Waals surface area contributed by atoms with Crippen LogP contribution >= 0.6 is 0 Å². The summed E-state index contributed by atoms with van der Waals surface area (Å²) < 4.78 is 21.8. The van der Waals surface area contributed by atoms with Gasteiger partial charge >= 0.3 is 0 Å². The number of amides is 1. The van der Waals surface area contributed by atoms with Crippen LogP contribution in [0.1, 0.15) is 0 Å². The molecular formula is C5H10N2O4S. The smallest absolute Gasteiger partial charge is 0.221 e. The van der Waals surface area contributed by atoms with Crippen molar-refractivity contribution in [2.45, 2.75) is 12.1 Å². The van der Waals surface area contributed by atoms with Gasteiger partial charge in [0.05, 0.1) is 23.7 Å². The van der Waals surface area contributed by atoms with E-state index in [9.17, 15) is 13.2 Å². The zero-order chi connectivity index (χ0) is 9.19. The van der Waals surface area contributed by atoms with Crippen molar-refractivity contribution < 1.29 is 18.3 Å². The summed E-state index contributed by atoms with van der Waals surface area (Å²) in [6.07, 6.45) is -0.556. The molecule has 1 rings (SSSR count). The number of hydrazine groups is 1. The van der Waals surface area contributed by atoms with Crippen LogP contribution < -0.4 is 10.9 Å². The summed E-state index contributed by atoms with van der Waals surface area (Å²) in [6.45, 7) is 0. The lowest BCUT2D eigenvalue weighted by Crippen LogP contribution is -2.46. The van der Waals surface area contributed by atoms with Crippen molar-refractivity contribution in [3.63, 3.8) is 0 Å². The Kier molecular flexibility index (Phi) is 2.65. The molecule has 0 spiro atoms. The Balaban J connectivity index is 2.52. The van der Waals surface area contributed by atoms with E-state index in [1.807, 2.05) is 0 Å².